The molecular formula is C17H18N2O4. The van der Waals surface area contributed by atoms with Crippen LogP contribution < -0.4 is 20.3 Å². The van der Waals surface area contributed by atoms with Crippen molar-refractivity contribution in [1.29, 1.82) is 0 Å². The van der Waals surface area contributed by atoms with Gasteiger partial charge >= 0.3 is 5.97 Å². The van der Waals surface area contributed by atoms with Gasteiger partial charge in [-0.1, -0.05) is 30.3 Å². The summed E-state index contributed by atoms with van der Waals surface area (Å²) in [5.74, 6) is 0.457. The van der Waals surface area contributed by atoms with Crippen LogP contribution in [0.2, 0.25) is 0 Å². The molecule has 0 saturated heterocycles. The first kappa shape index (κ1) is 15.3. The van der Waals surface area contributed by atoms with Gasteiger partial charge in [-0.3, -0.25) is 5.43 Å². The van der Waals surface area contributed by atoms with E-state index in [-0.39, 0.29) is 0 Å². The van der Waals surface area contributed by atoms with Crippen LogP contribution in [0.3, 0.4) is 0 Å². The molecule has 0 bridgehead atoms. The number of ether oxygens (including phenoxy) is 3. The van der Waals surface area contributed by atoms with Crippen LogP contribution in [0.5, 0.6) is 11.5 Å². The van der Waals surface area contributed by atoms with Crippen molar-refractivity contribution in [3.8, 4) is 11.5 Å². The Bertz CT molecular complexity index is 703. The maximum absolute atomic E-state index is 12.1. The van der Waals surface area contributed by atoms with E-state index >= 15 is 0 Å². The van der Waals surface area contributed by atoms with Gasteiger partial charge in [0.05, 0.1) is 14.2 Å². The minimum Gasteiger partial charge on any atom is -0.493 e. The number of carbonyl (C=O) groups excluding carboxylic acids is 1. The Kier molecular flexibility index (Phi) is 4.45. The molecule has 2 aromatic carbocycles. The number of hydrogen-bond acceptors (Lipinski definition) is 6. The van der Waals surface area contributed by atoms with Gasteiger partial charge in [-0.2, -0.15) is 0 Å². The van der Waals surface area contributed by atoms with Crippen molar-refractivity contribution in [3.05, 3.63) is 59.2 Å². The van der Waals surface area contributed by atoms with Crippen LogP contribution in [0.15, 0.2) is 42.5 Å². The number of rotatable bonds is 6. The van der Waals surface area contributed by atoms with E-state index in [0.29, 0.717) is 29.2 Å². The number of hydrazine groups is 1. The summed E-state index contributed by atoms with van der Waals surface area (Å²) in [5, 5.41) is 0. The monoisotopic (exact) mass is 314 g/mol. The van der Waals surface area contributed by atoms with E-state index in [1.807, 2.05) is 30.3 Å². The number of hydrogen-bond donors (Lipinski definition) is 2. The van der Waals surface area contributed by atoms with Crippen molar-refractivity contribution in [2.45, 2.75) is 12.8 Å². The lowest BCUT2D eigenvalue weighted by atomic mass is 10.1. The third-order valence-electron chi connectivity index (χ3n) is 3.66. The van der Waals surface area contributed by atoms with Gasteiger partial charge in [0.1, 0.15) is 5.56 Å². The van der Waals surface area contributed by atoms with Crippen molar-refractivity contribution in [2.24, 2.45) is 0 Å². The van der Waals surface area contributed by atoms with E-state index in [1.165, 1.54) is 14.2 Å². The van der Waals surface area contributed by atoms with Crippen LogP contribution in [-0.4, -0.2) is 20.2 Å². The predicted molar refractivity (Wildman–Crippen MR) is 84.1 cm³/mol. The summed E-state index contributed by atoms with van der Waals surface area (Å²) in [7, 11) is 3.03. The molecule has 1 heterocycles. The summed E-state index contributed by atoms with van der Waals surface area (Å²) in [6.07, 6.45) is -0.569. The Hall–Kier alpha value is -2.57. The van der Waals surface area contributed by atoms with Crippen LogP contribution >= 0.6 is 0 Å². The van der Waals surface area contributed by atoms with Crippen LogP contribution in [-0.2, 0) is 11.3 Å². The number of cyclic esters (lactones) is 1. The van der Waals surface area contributed by atoms with Gasteiger partial charge in [0.2, 0.25) is 0 Å². The molecule has 6 nitrogen and oxygen atoms in total. The molecule has 0 amide bonds. The fourth-order valence-corrected chi connectivity index (χ4v) is 2.55. The topological polar surface area (TPSA) is 68.8 Å². The minimum absolute atomic E-state index is 0.391. The fourth-order valence-electron chi connectivity index (χ4n) is 2.55. The molecule has 0 aliphatic carbocycles. The average molecular weight is 314 g/mol. The molecule has 3 rings (SSSR count). The third-order valence-corrected chi connectivity index (χ3v) is 3.66. The van der Waals surface area contributed by atoms with Crippen LogP contribution in [0, 0.1) is 0 Å². The first-order chi connectivity index (χ1) is 11.2. The third kappa shape index (κ3) is 2.99. The minimum atomic E-state index is -0.569. The highest BCUT2D eigenvalue weighted by atomic mass is 16.6. The van der Waals surface area contributed by atoms with Crippen molar-refractivity contribution >= 4 is 5.97 Å². The number of nitrogens with one attached hydrogen (secondary N) is 2. The molecule has 0 spiro atoms. The number of carbonyl (C=O) groups is 1. The van der Waals surface area contributed by atoms with Crippen LogP contribution in [0.1, 0.15) is 27.7 Å². The summed E-state index contributed by atoms with van der Waals surface area (Å²) >= 11 is 0. The molecule has 0 saturated carbocycles. The molecule has 6 heteroatoms. The lowest BCUT2D eigenvalue weighted by Crippen LogP contribution is -2.35. The molecular weight excluding hydrogens is 296 g/mol. The lowest BCUT2D eigenvalue weighted by molar-refractivity contribution is 0.0264. The molecule has 0 aromatic heterocycles. The predicted octanol–water partition coefficient (Wildman–Crippen LogP) is 2.17. The normalized spacial score (nSPS) is 15.9. The van der Waals surface area contributed by atoms with Crippen LogP contribution in [0.4, 0.5) is 0 Å². The number of methoxy groups -OCH3 is 2. The maximum atomic E-state index is 12.1. The summed E-state index contributed by atoms with van der Waals surface area (Å²) in [4.78, 5) is 12.1. The highest BCUT2D eigenvalue weighted by molar-refractivity contribution is 5.98. The van der Waals surface area contributed by atoms with E-state index in [9.17, 15) is 4.79 Å². The maximum Gasteiger partial charge on any atom is 0.344 e. The molecule has 120 valence electrons. The molecule has 23 heavy (non-hydrogen) atoms. The second kappa shape index (κ2) is 6.68. The van der Waals surface area contributed by atoms with Gasteiger partial charge in [0.15, 0.2) is 17.7 Å². The summed E-state index contributed by atoms with van der Waals surface area (Å²) in [5.41, 5.74) is 8.32. The van der Waals surface area contributed by atoms with Crippen molar-refractivity contribution in [2.75, 3.05) is 14.2 Å². The first-order valence-corrected chi connectivity index (χ1v) is 7.22. The molecule has 2 N–H and O–H groups in total. The Labute approximate surface area is 134 Å². The second-order valence-electron chi connectivity index (χ2n) is 5.03. The van der Waals surface area contributed by atoms with Gasteiger partial charge in [0.25, 0.3) is 0 Å². The van der Waals surface area contributed by atoms with Gasteiger partial charge < -0.3 is 14.2 Å². The number of esters is 1. The lowest BCUT2D eigenvalue weighted by Gasteiger charge is -2.14. The van der Waals surface area contributed by atoms with Gasteiger partial charge in [-0.25, -0.2) is 10.2 Å². The van der Waals surface area contributed by atoms with Gasteiger partial charge in [-0.15, -0.1) is 0 Å². The molecule has 1 aliphatic rings. The zero-order valence-corrected chi connectivity index (χ0v) is 13.0. The Morgan fingerprint density at radius 1 is 1.09 bits per heavy atom. The van der Waals surface area contributed by atoms with Crippen molar-refractivity contribution < 1.29 is 19.0 Å². The molecule has 0 fully saturated rings. The molecule has 0 unspecified atom stereocenters. The fraction of sp³-hybridized carbons (Fsp3) is 0.235. The van der Waals surface area contributed by atoms with Gasteiger partial charge in [-0.05, 0) is 17.7 Å². The van der Waals surface area contributed by atoms with E-state index in [2.05, 4.69) is 10.9 Å². The smallest absolute Gasteiger partial charge is 0.344 e. The van der Waals surface area contributed by atoms with E-state index in [4.69, 9.17) is 14.2 Å². The van der Waals surface area contributed by atoms with Crippen molar-refractivity contribution in [1.82, 2.24) is 10.9 Å². The zero-order chi connectivity index (χ0) is 16.2. The van der Waals surface area contributed by atoms with E-state index < -0.39 is 12.2 Å². The Morgan fingerprint density at radius 3 is 2.57 bits per heavy atom. The largest absolute Gasteiger partial charge is 0.493 e. The quantitative estimate of drug-likeness (QED) is 0.629. The summed E-state index contributed by atoms with van der Waals surface area (Å²) in [6, 6.07) is 13.5. The van der Waals surface area contributed by atoms with Gasteiger partial charge in [0, 0.05) is 12.1 Å². The van der Waals surface area contributed by atoms with Crippen molar-refractivity contribution in [3.63, 3.8) is 0 Å². The number of fused-ring (bicyclic) bond motifs is 1. The Balaban J connectivity index is 1.74. The highest BCUT2D eigenvalue weighted by Gasteiger charge is 2.35. The first-order valence-electron chi connectivity index (χ1n) is 7.22. The van der Waals surface area contributed by atoms with E-state index in [1.54, 1.807) is 12.1 Å². The van der Waals surface area contributed by atoms with Crippen LogP contribution in [0.25, 0.3) is 0 Å². The average Bonchev–Trinajstić information content (AvgIpc) is 2.91. The standard InChI is InChI=1S/C17H18N2O4/c1-21-13-9-8-12-14(15(13)22-2)17(20)23-16(12)19-18-10-11-6-4-3-5-7-11/h3-9,16,18-19H,10H2,1-2H3/t16-/m0/s1. The zero-order valence-electron chi connectivity index (χ0n) is 13.0. The summed E-state index contributed by atoms with van der Waals surface area (Å²) in [6.45, 7) is 0.609. The molecule has 2 aromatic rings. The highest BCUT2D eigenvalue weighted by Crippen LogP contribution is 2.40. The molecule has 1 aliphatic heterocycles. The molecule has 0 radical (unpaired) electrons. The summed E-state index contributed by atoms with van der Waals surface area (Å²) < 4.78 is 15.9. The number of benzene rings is 2. The SMILES string of the molecule is COc1ccc2c(c1OC)C(=O)O[C@@H]2NNCc1ccccc1. The second-order valence-corrected chi connectivity index (χ2v) is 5.03. The van der Waals surface area contributed by atoms with E-state index in [0.717, 1.165) is 5.56 Å². The Morgan fingerprint density at radius 2 is 1.87 bits per heavy atom. The molecule has 1 atom stereocenters.